The Morgan fingerprint density at radius 3 is 2.52 bits per heavy atom. The standard InChI is InChI=1S/C23H29FN2O/c1-16-14-18(9-10-20(16)24)23(12-11-17-7-8-17,19-6-5-13-25-15-19)26-21(27)22(2,3)4/h5-6,9-10,13-15,17H,7-8,11-12H2,1-4H3,(H,26,27). The van der Waals surface area contributed by atoms with E-state index in [4.69, 9.17) is 0 Å². The molecule has 1 heterocycles. The molecule has 1 saturated carbocycles. The molecule has 1 fully saturated rings. The van der Waals surface area contributed by atoms with Crippen LogP contribution in [0.1, 0.15) is 63.1 Å². The summed E-state index contributed by atoms with van der Waals surface area (Å²) in [6, 6.07) is 9.04. The Balaban J connectivity index is 2.13. The van der Waals surface area contributed by atoms with Crippen molar-refractivity contribution in [2.45, 2.75) is 58.9 Å². The van der Waals surface area contributed by atoms with Crippen molar-refractivity contribution in [3.63, 3.8) is 0 Å². The van der Waals surface area contributed by atoms with Crippen LogP contribution in [0.5, 0.6) is 0 Å². The number of halogens is 1. The first-order valence-corrected chi connectivity index (χ1v) is 9.72. The molecule has 1 aliphatic rings. The summed E-state index contributed by atoms with van der Waals surface area (Å²) in [6.45, 7) is 7.49. The molecular weight excluding hydrogens is 339 g/mol. The molecule has 2 aromatic rings. The molecule has 1 amide bonds. The van der Waals surface area contributed by atoms with Crippen LogP contribution in [0.3, 0.4) is 0 Å². The zero-order valence-corrected chi connectivity index (χ0v) is 16.7. The third-order valence-corrected chi connectivity index (χ3v) is 5.44. The van der Waals surface area contributed by atoms with E-state index in [2.05, 4.69) is 10.3 Å². The average molecular weight is 368 g/mol. The molecule has 0 bridgehead atoms. The van der Waals surface area contributed by atoms with Crippen molar-refractivity contribution >= 4 is 5.91 Å². The maximum atomic E-state index is 14.0. The molecule has 3 nitrogen and oxygen atoms in total. The van der Waals surface area contributed by atoms with Crippen molar-refractivity contribution < 1.29 is 9.18 Å². The second kappa shape index (κ2) is 7.41. The van der Waals surface area contributed by atoms with E-state index in [1.807, 2.05) is 45.2 Å². The van der Waals surface area contributed by atoms with Gasteiger partial charge in [-0.05, 0) is 48.9 Å². The smallest absolute Gasteiger partial charge is 0.226 e. The van der Waals surface area contributed by atoms with Crippen molar-refractivity contribution in [2.75, 3.05) is 0 Å². The predicted octanol–water partition coefficient (Wildman–Crippen LogP) is 5.13. The van der Waals surface area contributed by atoms with Gasteiger partial charge in [-0.15, -0.1) is 0 Å². The third-order valence-electron chi connectivity index (χ3n) is 5.44. The average Bonchev–Trinajstić information content (AvgIpc) is 3.45. The molecule has 0 saturated heterocycles. The van der Waals surface area contributed by atoms with E-state index < -0.39 is 11.0 Å². The van der Waals surface area contributed by atoms with Crippen LogP contribution >= 0.6 is 0 Å². The van der Waals surface area contributed by atoms with Gasteiger partial charge in [-0.1, -0.05) is 51.8 Å². The Labute approximate surface area is 161 Å². The van der Waals surface area contributed by atoms with Crippen LogP contribution in [0.15, 0.2) is 42.7 Å². The second-order valence-corrected chi connectivity index (χ2v) is 8.80. The summed E-state index contributed by atoms with van der Waals surface area (Å²) >= 11 is 0. The monoisotopic (exact) mass is 368 g/mol. The van der Waals surface area contributed by atoms with Gasteiger partial charge in [-0.25, -0.2) is 4.39 Å². The number of carbonyl (C=O) groups is 1. The van der Waals surface area contributed by atoms with Crippen molar-refractivity contribution in [3.05, 3.63) is 65.2 Å². The van der Waals surface area contributed by atoms with Crippen LogP contribution in [-0.2, 0) is 10.3 Å². The summed E-state index contributed by atoms with van der Waals surface area (Å²) in [7, 11) is 0. The number of aromatic nitrogens is 1. The molecular formula is C23H29FN2O. The van der Waals surface area contributed by atoms with E-state index in [-0.39, 0.29) is 11.7 Å². The minimum atomic E-state index is -0.709. The molecule has 0 aliphatic heterocycles. The van der Waals surface area contributed by atoms with E-state index in [1.165, 1.54) is 18.9 Å². The van der Waals surface area contributed by atoms with Gasteiger partial charge in [-0.2, -0.15) is 0 Å². The quantitative estimate of drug-likeness (QED) is 0.768. The highest BCUT2D eigenvalue weighted by molar-refractivity contribution is 5.83. The first-order valence-electron chi connectivity index (χ1n) is 9.72. The lowest BCUT2D eigenvalue weighted by molar-refractivity contribution is -0.130. The summed E-state index contributed by atoms with van der Waals surface area (Å²) in [5.41, 5.74) is 1.20. The van der Waals surface area contributed by atoms with Crippen LogP contribution in [-0.4, -0.2) is 10.9 Å². The summed E-state index contributed by atoms with van der Waals surface area (Å²) in [4.78, 5) is 17.3. The Morgan fingerprint density at radius 1 is 1.22 bits per heavy atom. The molecule has 27 heavy (non-hydrogen) atoms. The normalized spacial score (nSPS) is 16.6. The number of carbonyl (C=O) groups excluding carboxylic acids is 1. The minimum Gasteiger partial charge on any atom is -0.342 e. The molecule has 1 atom stereocenters. The Kier molecular flexibility index (Phi) is 5.36. The van der Waals surface area contributed by atoms with Gasteiger partial charge in [0.25, 0.3) is 0 Å². The first kappa shape index (κ1) is 19.5. The lowest BCUT2D eigenvalue weighted by atomic mass is 9.77. The number of pyridine rings is 1. The number of aryl methyl sites for hydroxylation is 1. The highest BCUT2D eigenvalue weighted by Crippen LogP contribution is 2.41. The van der Waals surface area contributed by atoms with Crippen molar-refractivity contribution in [1.82, 2.24) is 10.3 Å². The topological polar surface area (TPSA) is 42.0 Å². The maximum Gasteiger partial charge on any atom is 0.226 e. The number of benzene rings is 1. The van der Waals surface area contributed by atoms with Crippen molar-refractivity contribution in [1.29, 1.82) is 0 Å². The molecule has 4 heteroatoms. The molecule has 1 N–H and O–H groups in total. The van der Waals surface area contributed by atoms with Gasteiger partial charge < -0.3 is 5.32 Å². The zero-order chi connectivity index (χ0) is 19.7. The van der Waals surface area contributed by atoms with E-state index in [0.717, 1.165) is 24.0 Å². The van der Waals surface area contributed by atoms with Gasteiger partial charge in [-0.3, -0.25) is 9.78 Å². The molecule has 0 spiro atoms. The minimum absolute atomic E-state index is 0.0240. The summed E-state index contributed by atoms with van der Waals surface area (Å²) < 4.78 is 14.0. The van der Waals surface area contributed by atoms with Crippen molar-refractivity contribution in [3.8, 4) is 0 Å². The van der Waals surface area contributed by atoms with E-state index in [0.29, 0.717) is 11.5 Å². The van der Waals surface area contributed by atoms with E-state index in [9.17, 15) is 9.18 Å². The molecule has 1 unspecified atom stereocenters. The lowest BCUT2D eigenvalue weighted by Crippen LogP contribution is -2.50. The van der Waals surface area contributed by atoms with E-state index >= 15 is 0 Å². The summed E-state index contributed by atoms with van der Waals surface area (Å²) in [5.74, 6) is 0.460. The second-order valence-electron chi connectivity index (χ2n) is 8.80. The highest BCUT2D eigenvalue weighted by Gasteiger charge is 2.40. The first-order chi connectivity index (χ1) is 12.7. The van der Waals surface area contributed by atoms with Gasteiger partial charge in [0.2, 0.25) is 5.91 Å². The zero-order valence-electron chi connectivity index (χ0n) is 16.7. The number of rotatable bonds is 6. The molecule has 144 valence electrons. The van der Waals surface area contributed by atoms with Gasteiger partial charge in [0, 0.05) is 23.4 Å². The summed E-state index contributed by atoms with van der Waals surface area (Å²) in [5, 5.41) is 3.33. The molecule has 1 aromatic heterocycles. The number of nitrogens with zero attached hydrogens (tertiary/aromatic N) is 1. The predicted molar refractivity (Wildman–Crippen MR) is 106 cm³/mol. The number of amides is 1. The van der Waals surface area contributed by atoms with Crippen molar-refractivity contribution in [2.24, 2.45) is 11.3 Å². The van der Waals surface area contributed by atoms with Crippen LogP contribution in [0.25, 0.3) is 0 Å². The fourth-order valence-electron chi connectivity index (χ4n) is 3.40. The molecule has 3 rings (SSSR count). The van der Waals surface area contributed by atoms with Gasteiger partial charge >= 0.3 is 0 Å². The number of nitrogens with one attached hydrogen (secondary N) is 1. The van der Waals surface area contributed by atoms with Gasteiger partial charge in [0.1, 0.15) is 5.82 Å². The summed E-state index contributed by atoms with van der Waals surface area (Å²) in [6.07, 6.45) is 7.84. The van der Waals surface area contributed by atoms with Gasteiger partial charge in [0.15, 0.2) is 0 Å². The van der Waals surface area contributed by atoms with Crippen LogP contribution in [0, 0.1) is 24.1 Å². The Bertz CT molecular complexity index is 809. The Morgan fingerprint density at radius 2 is 1.96 bits per heavy atom. The molecule has 1 aromatic carbocycles. The largest absolute Gasteiger partial charge is 0.342 e. The fourth-order valence-corrected chi connectivity index (χ4v) is 3.40. The number of hydrogen-bond acceptors (Lipinski definition) is 2. The van der Waals surface area contributed by atoms with E-state index in [1.54, 1.807) is 19.2 Å². The van der Waals surface area contributed by atoms with Crippen LogP contribution in [0.2, 0.25) is 0 Å². The Hall–Kier alpha value is -2.23. The maximum absolute atomic E-state index is 14.0. The fraction of sp³-hybridized carbons (Fsp3) is 0.478. The van der Waals surface area contributed by atoms with Crippen LogP contribution in [0.4, 0.5) is 4.39 Å². The van der Waals surface area contributed by atoms with Crippen LogP contribution < -0.4 is 5.32 Å². The molecule has 1 aliphatic carbocycles. The van der Waals surface area contributed by atoms with Gasteiger partial charge in [0.05, 0.1) is 5.54 Å². The SMILES string of the molecule is Cc1cc(C(CCC2CC2)(NC(=O)C(C)(C)C)c2cccnc2)ccc1F. The third kappa shape index (κ3) is 4.37. The highest BCUT2D eigenvalue weighted by atomic mass is 19.1. The lowest BCUT2D eigenvalue weighted by Gasteiger charge is -2.38. The number of hydrogen-bond donors (Lipinski definition) is 1. The molecule has 0 radical (unpaired) electrons.